The van der Waals surface area contributed by atoms with Crippen molar-refractivity contribution in [3.05, 3.63) is 28.8 Å². The van der Waals surface area contributed by atoms with Gasteiger partial charge in [-0.2, -0.15) is 5.32 Å². The van der Waals surface area contributed by atoms with Crippen molar-refractivity contribution >= 4 is 29.3 Å². The highest BCUT2D eigenvalue weighted by Crippen LogP contribution is 2.19. The molecule has 86 valence electrons. The summed E-state index contributed by atoms with van der Waals surface area (Å²) in [6.07, 6.45) is 0. The van der Waals surface area contributed by atoms with Gasteiger partial charge in [0.25, 0.3) is 0 Å². The van der Waals surface area contributed by atoms with Crippen LogP contribution in [-0.2, 0) is 0 Å². The van der Waals surface area contributed by atoms with Gasteiger partial charge < -0.3 is 0 Å². The van der Waals surface area contributed by atoms with Gasteiger partial charge in [0.05, 0.1) is 7.05 Å². The molecule has 0 atom stereocenters. The molecule has 16 heavy (non-hydrogen) atoms. The zero-order chi connectivity index (χ0) is 12.1. The molecule has 0 heterocycles. The van der Waals surface area contributed by atoms with E-state index in [9.17, 15) is 4.79 Å². The molecule has 2 amide bonds. The monoisotopic (exact) mass is 241 g/mol. The summed E-state index contributed by atoms with van der Waals surface area (Å²) in [5.74, 6) is 0.177. The fraction of sp³-hybridized carbons (Fsp3) is 0.200. The normalized spacial score (nSPS) is 11.1. The third-order valence-corrected chi connectivity index (χ3v) is 2.35. The Labute approximate surface area is 98.7 Å². The van der Waals surface area contributed by atoms with Gasteiger partial charge in [0.2, 0.25) is 0 Å². The number of anilines is 1. The quantitative estimate of drug-likeness (QED) is 0.406. The summed E-state index contributed by atoms with van der Waals surface area (Å²) < 4.78 is 0. The van der Waals surface area contributed by atoms with Crippen LogP contribution in [0.1, 0.15) is 5.56 Å². The molecule has 0 aliphatic carbocycles. The van der Waals surface area contributed by atoms with Gasteiger partial charge in [-0.3, -0.25) is 16.0 Å². The molecule has 0 saturated heterocycles. The lowest BCUT2D eigenvalue weighted by Crippen LogP contribution is -2.75. The number of guanidine groups is 1. The number of rotatable bonds is 1. The van der Waals surface area contributed by atoms with Crippen molar-refractivity contribution in [2.24, 2.45) is 5.73 Å². The van der Waals surface area contributed by atoms with E-state index in [1.54, 1.807) is 19.2 Å². The minimum absolute atomic E-state index is 0.177. The maximum atomic E-state index is 11.4. The summed E-state index contributed by atoms with van der Waals surface area (Å²) in [5, 5.41) is 5.60. The lowest BCUT2D eigenvalue weighted by atomic mass is 10.2. The van der Waals surface area contributed by atoms with E-state index in [0.29, 0.717) is 10.7 Å². The van der Waals surface area contributed by atoms with E-state index in [2.05, 4.69) is 15.6 Å². The molecule has 0 unspecified atom stereocenters. The Hall–Kier alpha value is -1.75. The van der Waals surface area contributed by atoms with Crippen molar-refractivity contribution in [1.82, 2.24) is 5.32 Å². The van der Waals surface area contributed by atoms with Crippen molar-refractivity contribution in [3.8, 4) is 0 Å². The van der Waals surface area contributed by atoms with Crippen LogP contribution in [0.4, 0.5) is 10.5 Å². The molecule has 0 radical (unpaired) electrons. The summed E-state index contributed by atoms with van der Waals surface area (Å²) in [4.78, 5) is 14.0. The molecule has 0 bridgehead atoms. The van der Waals surface area contributed by atoms with Crippen molar-refractivity contribution in [2.45, 2.75) is 6.92 Å². The Bertz CT molecular complexity index is 431. The Morgan fingerprint density at radius 1 is 1.50 bits per heavy atom. The molecular weight excluding hydrogens is 228 g/mol. The molecule has 1 aromatic rings. The Balaban J connectivity index is 2.66. The largest absolute Gasteiger partial charge is 0.384 e. The van der Waals surface area contributed by atoms with Crippen LogP contribution in [0.5, 0.6) is 0 Å². The van der Waals surface area contributed by atoms with Crippen LogP contribution in [0.15, 0.2) is 18.2 Å². The van der Waals surface area contributed by atoms with Gasteiger partial charge in [-0.25, -0.2) is 4.79 Å². The van der Waals surface area contributed by atoms with Gasteiger partial charge in [-0.15, -0.1) is 0 Å². The number of amides is 2. The zero-order valence-electron chi connectivity index (χ0n) is 9.10. The van der Waals surface area contributed by atoms with Gasteiger partial charge in [0, 0.05) is 10.7 Å². The number of benzene rings is 1. The summed E-state index contributed by atoms with van der Waals surface area (Å²) in [7, 11) is 1.61. The van der Waals surface area contributed by atoms with E-state index in [0.717, 1.165) is 5.56 Å². The number of halogens is 1. The standard InChI is InChI=1S/C10H13ClN4O/c1-6-3-4-7(5-8(6)11)14-10(16)15-9(12)13-2/h3-5H,1-2H3,(H4,12,13,14,15,16)/p+1. The van der Waals surface area contributed by atoms with Crippen LogP contribution < -0.4 is 21.4 Å². The summed E-state index contributed by atoms with van der Waals surface area (Å²) >= 11 is 5.92. The highest BCUT2D eigenvalue weighted by molar-refractivity contribution is 6.31. The smallest absolute Gasteiger partial charge is 0.295 e. The molecule has 0 aliphatic rings. The minimum atomic E-state index is -0.424. The highest BCUT2D eigenvalue weighted by atomic mass is 35.5. The number of hydrogen-bond donors (Lipinski definition) is 4. The number of hydrogen-bond acceptors (Lipinski definition) is 1. The van der Waals surface area contributed by atoms with Gasteiger partial charge >= 0.3 is 12.0 Å². The average molecular weight is 242 g/mol. The van der Waals surface area contributed by atoms with Crippen molar-refractivity contribution in [3.63, 3.8) is 0 Å². The molecule has 0 aromatic heterocycles. The van der Waals surface area contributed by atoms with Crippen molar-refractivity contribution in [2.75, 3.05) is 12.4 Å². The molecule has 0 aliphatic heterocycles. The fourth-order valence-electron chi connectivity index (χ4n) is 1.02. The molecule has 1 rings (SSSR count). The van der Waals surface area contributed by atoms with E-state index in [4.69, 9.17) is 17.3 Å². The molecular formula is C10H14ClN4O+. The van der Waals surface area contributed by atoms with Crippen LogP contribution in [-0.4, -0.2) is 19.0 Å². The van der Waals surface area contributed by atoms with Crippen molar-refractivity contribution in [1.29, 1.82) is 0 Å². The van der Waals surface area contributed by atoms with Gasteiger partial charge in [0.1, 0.15) is 0 Å². The second-order valence-electron chi connectivity index (χ2n) is 3.21. The predicted molar refractivity (Wildman–Crippen MR) is 64.4 cm³/mol. The first kappa shape index (κ1) is 12.3. The van der Waals surface area contributed by atoms with Crippen LogP contribution in [0, 0.1) is 6.92 Å². The maximum Gasteiger partial charge on any atom is 0.384 e. The summed E-state index contributed by atoms with van der Waals surface area (Å²) in [6, 6.07) is 4.83. The number of nitrogens with one attached hydrogen (secondary N) is 3. The number of aryl methyl sites for hydroxylation is 1. The van der Waals surface area contributed by atoms with E-state index in [-0.39, 0.29) is 5.96 Å². The van der Waals surface area contributed by atoms with Gasteiger partial charge in [0.15, 0.2) is 0 Å². The predicted octanol–water partition coefficient (Wildman–Crippen LogP) is -0.205. The van der Waals surface area contributed by atoms with E-state index < -0.39 is 6.03 Å². The van der Waals surface area contributed by atoms with E-state index in [1.807, 2.05) is 13.0 Å². The van der Waals surface area contributed by atoms with E-state index in [1.165, 1.54) is 0 Å². The lowest BCUT2D eigenvalue weighted by Gasteiger charge is -2.04. The van der Waals surface area contributed by atoms with Crippen LogP contribution in [0.2, 0.25) is 5.02 Å². The zero-order valence-corrected chi connectivity index (χ0v) is 9.85. The molecule has 1 aromatic carbocycles. The first-order valence-corrected chi connectivity index (χ1v) is 5.05. The Morgan fingerprint density at radius 2 is 2.19 bits per heavy atom. The second kappa shape index (κ2) is 5.37. The molecule has 0 saturated carbocycles. The fourth-order valence-corrected chi connectivity index (χ4v) is 1.20. The second-order valence-corrected chi connectivity index (χ2v) is 3.61. The van der Waals surface area contributed by atoms with Gasteiger partial charge in [-0.1, -0.05) is 17.7 Å². The van der Waals surface area contributed by atoms with Crippen molar-refractivity contribution < 1.29 is 9.79 Å². The number of urea groups is 1. The molecule has 0 fully saturated rings. The highest BCUT2D eigenvalue weighted by Gasteiger charge is 2.08. The lowest BCUT2D eigenvalue weighted by molar-refractivity contribution is -0.422. The third-order valence-electron chi connectivity index (χ3n) is 1.95. The molecule has 0 spiro atoms. The minimum Gasteiger partial charge on any atom is -0.295 e. The summed E-state index contributed by atoms with van der Waals surface area (Å²) in [6.45, 7) is 1.89. The molecule has 6 heteroatoms. The van der Waals surface area contributed by atoms with Crippen LogP contribution in [0.3, 0.4) is 0 Å². The average Bonchev–Trinajstić information content (AvgIpc) is 2.23. The van der Waals surface area contributed by atoms with Gasteiger partial charge in [-0.05, 0) is 24.6 Å². The first-order valence-electron chi connectivity index (χ1n) is 4.67. The van der Waals surface area contributed by atoms with E-state index >= 15 is 0 Å². The van der Waals surface area contributed by atoms with Crippen LogP contribution in [0.25, 0.3) is 0 Å². The Morgan fingerprint density at radius 3 is 2.75 bits per heavy atom. The number of carbonyl (C=O) groups is 1. The third kappa shape index (κ3) is 3.43. The van der Waals surface area contributed by atoms with Crippen LogP contribution >= 0.6 is 11.6 Å². The maximum absolute atomic E-state index is 11.4. The molecule has 5 N–H and O–H groups in total. The topological polar surface area (TPSA) is 81.1 Å². The Kier molecular flexibility index (Phi) is 4.13. The first-order chi connectivity index (χ1) is 7.52. The number of nitrogens with two attached hydrogens (primary N) is 1. The SMILES string of the molecule is C[NH+]=C(N)NC(=O)Nc1ccc(C)c(Cl)c1. The molecule has 5 nitrogen and oxygen atoms in total. The summed E-state index contributed by atoms with van der Waals surface area (Å²) in [5.41, 5.74) is 6.95. The number of carbonyl (C=O) groups excluding carboxylic acids is 1.